The Morgan fingerprint density at radius 1 is 1.22 bits per heavy atom. The van der Waals surface area contributed by atoms with Gasteiger partial charge in [-0.25, -0.2) is 0 Å². The average molecular weight is 504 g/mol. The maximum atomic E-state index is 13.7. The van der Waals surface area contributed by atoms with E-state index in [1.54, 1.807) is 18.2 Å². The molecule has 1 aromatic carbocycles. The van der Waals surface area contributed by atoms with Gasteiger partial charge in [0.2, 0.25) is 11.5 Å². The first-order chi connectivity index (χ1) is 17.1. The molecule has 4 heterocycles. The third-order valence-corrected chi connectivity index (χ3v) is 9.19. The molecule has 0 unspecified atom stereocenters. The Bertz CT molecular complexity index is 1380. The number of halogens is 1. The number of rotatable bonds is 0. The number of fused-ring (bicyclic) bond motifs is 4. The van der Waals surface area contributed by atoms with Gasteiger partial charge in [-0.3, -0.25) is 10.2 Å². The van der Waals surface area contributed by atoms with Crippen molar-refractivity contribution in [2.24, 2.45) is 22.5 Å². The van der Waals surface area contributed by atoms with Crippen molar-refractivity contribution in [2.75, 3.05) is 45.6 Å². The van der Waals surface area contributed by atoms with Gasteiger partial charge in [0, 0.05) is 34.8 Å². The summed E-state index contributed by atoms with van der Waals surface area (Å²) in [6.07, 6.45) is 1.15. The molecule has 1 amide bonds. The highest BCUT2D eigenvalue weighted by Gasteiger charge is 2.68. The van der Waals surface area contributed by atoms with E-state index in [4.69, 9.17) is 27.5 Å². The highest BCUT2D eigenvalue weighted by molar-refractivity contribution is 6.31. The van der Waals surface area contributed by atoms with Crippen molar-refractivity contribution < 1.29 is 9.53 Å². The number of carbonyl (C=O) groups excluding carboxylic acids is 1. The number of nitrogens with one attached hydrogen (secondary N) is 2. The lowest BCUT2D eigenvalue weighted by molar-refractivity contribution is -0.138. The topological polar surface area (TPSA) is 142 Å². The molecule has 4 N–H and O–H groups in total. The van der Waals surface area contributed by atoms with E-state index >= 15 is 0 Å². The highest BCUT2D eigenvalue weighted by Crippen LogP contribution is 2.64. The number of benzene rings is 1. The number of hydrogen-bond acceptors (Lipinski definition) is 8. The summed E-state index contributed by atoms with van der Waals surface area (Å²) in [4.78, 5) is 18.0. The van der Waals surface area contributed by atoms with Crippen LogP contribution in [0.5, 0.6) is 0 Å². The fourth-order valence-electron chi connectivity index (χ4n) is 7.20. The van der Waals surface area contributed by atoms with E-state index in [9.17, 15) is 15.3 Å². The number of carbonyl (C=O) groups is 1. The van der Waals surface area contributed by atoms with Gasteiger partial charge in [-0.1, -0.05) is 11.6 Å². The number of amides is 1. The number of ether oxygens (including phenoxy) is 1. The van der Waals surface area contributed by atoms with Crippen molar-refractivity contribution in [3.63, 3.8) is 0 Å². The summed E-state index contributed by atoms with van der Waals surface area (Å²) in [6.45, 7) is 2.41. The van der Waals surface area contributed by atoms with E-state index in [-0.39, 0.29) is 17.5 Å². The predicted molar refractivity (Wildman–Crippen MR) is 133 cm³/mol. The van der Waals surface area contributed by atoms with Crippen LogP contribution in [0, 0.1) is 44.8 Å². The van der Waals surface area contributed by atoms with Crippen LogP contribution in [0.25, 0.3) is 0 Å². The number of nitrogens with two attached hydrogens (primary N) is 1. The Labute approximate surface area is 214 Å². The van der Waals surface area contributed by atoms with Crippen LogP contribution in [-0.4, -0.2) is 61.9 Å². The number of anilines is 1. The number of likely N-dealkylation sites (tertiary alicyclic amines) is 1. The summed E-state index contributed by atoms with van der Waals surface area (Å²) in [5, 5.41) is 33.4. The van der Waals surface area contributed by atoms with Crippen molar-refractivity contribution in [2.45, 2.75) is 18.4 Å². The minimum Gasteiger partial charge on any atom is -0.455 e. The molecule has 10 heteroatoms. The Kier molecular flexibility index (Phi) is 4.69. The third-order valence-electron chi connectivity index (χ3n) is 8.96. The molecule has 1 aliphatic carbocycles. The molecule has 4 aliphatic heterocycles. The van der Waals surface area contributed by atoms with E-state index in [0.717, 1.165) is 11.1 Å². The first kappa shape index (κ1) is 23.1. The molecule has 184 valence electrons. The smallest absolute Gasteiger partial charge is 0.274 e. The lowest BCUT2D eigenvalue weighted by Crippen LogP contribution is -2.62. The van der Waals surface area contributed by atoms with Crippen molar-refractivity contribution in [3.8, 4) is 12.1 Å². The molecular weight excluding hydrogens is 478 g/mol. The van der Waals surface area contributed by atoms with Crippen molar-refractivity contribution in [3.05, 3.63) is 51.2 Å². The monoisotopic (exact) mass is 503 g/mol. The maximum Gasteiger partial charge on any atom is 0.274 e. The van der Waals surface area contributed by atoms with Gasteiger partial charge in [0.1, 0.15) is 0 Å². The second kappa shape index (κ2) is 7.33. The fourth-order valence-corrected chi connectivity index (χ4v) is 7.37. The molecule has 0 bridgehead atoms. The van der Waals surface area contributed by atoms with Gasteiger partial charge in [-0.2, -0.15) is 10.5 Å². The van der Waals surface area contributed by atoms with Gasteiger partial charge in [0.25, 0.3) is 5.91 Å². The van der Waals surface area contributed by atoms with Crippen LogP contribution < -0.4 is 11.1 Å². The minimum absolute atomic E-state index is 0.0647. The second-order valence-electron chi connectivity index (χ2n) is 10.6. The zero-order chi connectivity index (χ0) is 25.6. The number of nitriles is 2. The lowest BCUT2D eigenvalue weighted by Gasteiger charge is -2.58. The zero-order valence-electron chi connectivity index (χ0n) is 20.1. The van der Waals surface area contributed by atoms with E-state index < -0.39 is 22.3 Å². The van der Waals surface area contributed by atoms with Gasteiger partial charge < -0.3 is 25.6 Å². The molecule has 6 rings (SSSR count). The van der Waals surface area contributed by atoms with Crippen LogP contribution >= 0.6 is 11.6 Å². The highest BCUT2D eigenvalue weighted by atomic mass is 35.5. The molecule has 2 atom stereocenters. The molecule has 5 aliphatic rings. The second-order valence-corrected chi connectivity index (χ2v) is 11.0. The van der Waals surface area contributed by atoms with Crippen LogP contribution in [0.3, 0.4) is 0 Å². The molecule has 1 aromatic rings. The van der Waals surface area contributed by atoms with Gasteiger partial charge >= 0.3 is 0 Å². The summed E-state index contributed by atoms with van der Waals surface area (Å²) in [5.74, 6) is -1.15. The van der Waals surface area contributed by atoms with Crippen LogP contribution in [0.15, 0.2) is 40.6 Å². The van der Waals surface area contributed by atoms with Gasteiger partial charge in [0.15, 0.2) is 5.41 Å². The summed E-state index contributed by atoms with van der Waals surface area (Å²) >= 11 is 6.36. The third kappa shape index (κ3) is 2.50. The molecule has 0 saturated carbocycles. The summed E-state index contributed by atoms with van der Waals surface area (Å²) < 4.78 is 6.26. The van der Waals surface area contributed by atoms with Gasteiger partial charge in [0.05, 0.1) is 29.3 Å². The predicted octanol–water partition coefficient (Wildman–Crippen LogP) is 2.33. The van der Waals surface area contributed by atoms with Gasteiger partial charge in [-0.05, 0) is 69.4 Å². The van der Waals surface area contributed by atoms with Crippen LogP contribution in [0.1, 0.15) is 18.4 Å². The quantitative estimate of drug-likeness (QED) is 0.493. The average Bonchev–Trinajstić information content (AvgIpc) is 3.12. The Morgan fingerprint density at radius 2 is 1.92 bits per heavy atom. The minimum atomic E-state index is -1.63. The molecule has 2 saturated heterocycles. The molecule has 36 heavy (non-hydrogen) atoms. The summed E-state index contributed by atoms with van der Waals surface area (Å²) in [7, 11) is 3.99. The SMILES string of the molecule is CN1CCC2(CC1)C1=C3C(=C(N)C2(C#N)C#N)C(=N)O[C@@]2(C(=O)Nc4ccc(Cl)cc42)[C@@H]3CN(C)C1. The first-order valence-corrected chi connectivity index (χ1v) is 12.4. The first-order valence-electron chi connectivity index (χ1n) is 12.0. The Hall–Kier alpha value is -3.37. The Balaban J connectivity index is 1.69. The van der Waals surface area contributed by atoms with Gasteiger partial charge in [-0.15, -0.1) is 0 Å². The maximum absolute atomic E-state index is 13.7. The van der Waals surface area contributed by atoms with Crippen LogP contribution in [0.2, 0.25) is 5.02 Å². The standard InChI is InChI=1S/C26H26ClN7O2/c1-33-7-5-24(6-8-33)16-10-34(2)11-17-19(16)20(21(30)25(24,12-28)13-29)22(31)36-26(17)15-9-14(27)3-4-18(15)32-23(26)35/h3-4,9,17,31H,5-8,10-11,30H2,1-2H3,(H,32,35)/t17-,26-/m1/s1. The largest absolute Gasteiger partial charge is 0.455 e. The number of piperidine rings is 1. The number of allylic oxidation sites excluding steroid dienone is 1. The normalized spacial score (nSPS) is 30.4. The zero-order valence-corrected chi connectivity index (χ0v) is 20.9. The summed E-state index contributed by atoms with van der Waals surface area (Å²) in [6, 6.07) is 9.76. The fraction of sp³-hybridized carbons (Fsp3) is 0.462. The molecule has 0 radical (unpaired) electrons. The van der Waals surface area contributed by atoms with Crippen molar-refractivity contribution in [1.29, 1.82) is 15.9 Å². The summed E-state index contributed by atoms with van der Waals surface area (Å²) in [5.41, 5.74) is 6.03. The van der Waals surface area contributed by atoms with Crippen LogP contribution in [0.4, 0.5) is 5.69 Å². The van der Waals surface area contributed by atoms with E-state index in [1.165, 1.54) is 0 Å². The van der Waals surface area contributed by atoms with E-state index in [1.807, 2.05) is 14.1 Å². The van der Waals surface area contributed by atoms with E-state index in [2.05, 4.69) is 27.3 Å². The number of nitrogens with zero attached hydrogens (tertiary/aromatic N) is 4. The molecule has 2 spiro atoms. The van der Waals surface area contributed by atoms with Crippen molar-refractivity contribution in [1.82, 2.24) is 9.80 Å². The van der Waals surface area contributed by atoms with Crippen molar-refractivity contribution >= 4 is 29.1 Å². The lowest BCUT2D eigenvalue weighted by atomic mass is 9.48. The molecule has 0 aromatic heterocycles. The molecular formula is C26H26ClN7O2. The number of likely N-dealkylation sites (N-methyl/N-ethyl adjacent to an activating group) is 1. The molecule has 9 nitrogen and oxygen atoms in total. The van der Waals surface area contributed by atoms with Crippen LogP contribution in [-0.2, 0) is 15.1 Å². The van der Waals surface area contributed by atoms with E-state index in [0.29, 0.717) is 60.9 Å². The molecule has 2 fully saturated rings. The Morgan fingerprint density at radius 3 is 2.58 bits per heavy atom. The number of hydrogen-bond donors (Lipinski definition) is 3.